The van der Waals surface area contributed by atoms with Crippen LogP contribution in [0.25, 0.3) is 0 Å². The molecule has 96 valence electrons. The molecule has 1 aromatic rings. The monoisotopic (exact) mass is 238 g/mol. The van der Waals surface area contributed by atoms with Crippen molar-refractivity contribution in [1.82, 2.24) is 4.90 Å². The third kappa shape index (κ3) is 4.84. The Labute approximate surface area is 104 Å². The van der Waals surface area contributed by atoms with Gasteiger partial charge < -0.3 is 5.73 Å². The van der Waals surface area contributed by atoms with E-state index in [0.29, 0.717) is 6.54 Å². The van der Waals surface area contributed by atoms with Crippen molar-refractivity contribution in [3.05, 3.63) is 35.6 Å². The van der Waals surface area contributed by atoms with E-state index in [2.05, 4.69) is 25.7 Å². The summed E-state index contributed by atoms with van der Waals surface area (Å²) in [5, 5.41) is 0. The van der Waals surface area contributed by atoms with Crippen LogP contribution in [0.5, 0.6) is 0 Å². The van der Waals surface area contributed by atoms with E-state index in [0.717, 1.165) is 25.2 Å². The fraction of sp³-hybridized carbons (Fsp3) is 0.571. The number of nitrogens with zero attached hydrogens (tertiary/aromatic N) is 1. The van der Waals surface area contributed by atoms with Crippen LogP contribution in [-0.2, 0) is 6.54 Å². The predicted octanol–water partition coefficient (Wildman–Crippen LogP) is 2.63. The molecule has 0 radical (unpaired) electrons. The highest BCUT2D eigenvalue weighted by Gasteiger charge is 2.19. The van der Waals surface area contributed by atoms with Crippen molar-refractivity contribution >= 4 is 0 Å². The number of hydrogen-bond donors (Lipinski definition) is 1. The van der Waals surface area contributed by atoms with E-state index in [1.807, 2.05) is 6.07 Å². The van der Waals surface area contributed by atoms with Gasteiger partial charge in [0.05, 0.1) is 0 Å². The maximum atomic E-state index is 13.1. The van der Waals surface area contributed by atoms with Crippen molar-refractivity contribution in [3.63, 3.8) is 0 Å². The van der Waals surface area contributed by atoms with E-state index < -0.39 is 0 Å². The highest BCUT2D eigenvalue weighted by Crippen LogP contribution is 2.17. The Morgan fingerprint density at radius 3 is 2.59 bits per heavy atom. The molecule has 0 heterocycles. The quantitative estimate of drug-likeness (QED) is 0.825. The topological polar surface area (TPSA) is 29.3 Å². The molecule has 1 rings (SSSR count). The van der Waals surface area contributed by atoms with Gasteiger partial charge in [-0.3, -0.25) is 4.90 Å². The standard InChI is InChI=1S/C14H23FN2/c1-4-17(11-14(2,3)10-16)9-12-6-5-7-13(15)8-12/h5-8H,4,9-11,16H2,1-3H3. The smallest absolute Gasteiger partial charge is 0.123 e. The average Bonchev–Trinajstić information content (AvgIpc) is 2.28. The Bertz CT molecular complexity index is 350. The molecule has 2 N–H and O–H groups in total. The van der Waals surface area contributed by atoms with Gasteiger partial charge in [0.15, 0.2) is 0 Å². The molecule has 0 atom stereocenters. The zero-order chi connectivity index (χ0) is 12.9. The summed E-state index contributed by atoms with van der Waals surface area (Å²) in [6.07, 6.45) is 0. The van der Waals surface area contributed by atoms with Crippen molar-refractivity contribution in [3.8, 4) is 0 Å². The van der Waals surface area contributed by atoms with Crippen molar-refractivity contribution < 1.29 is 4.39 Å². The first-order chi connectivity index (χ1) is 7.96. The fourth-order valence-electron chi connectivity index (χ4n) is 1.84. The van der Waals surface area contributed by atoms with Crippen molar-refractivity contribution in [1.29, 1.82) is 0 Å². The summed E-state index contributed by atoms with van der Waals surface area (Å²) in [7, 11) is 0. The van der Waals surface area contributed by atoms with Crippen molar-refractivity contribution in [2.45, 2.75) is 27.3 Å². The van der Waals surface area contributed by atoms with Crippen LogP contribution >= 0.6 is 0 Å². The van der Waals surface area contributed by atoms with E-state index in [4.69, 9.17) is 5.73 Å². The lowest BCUT2D eigenvalue weighted by atomic mass is 9.93. The van der Waals surface area contributed by atoms with Crippen molar-refractivity contribution in [2.24, 2.45) is 11.1 Å². The Balaban J connectivity index is 2.64. The molecular formula is C14H23FN2. The minimum atomic E-state index is -0.170. The summed E-state index contributed by atoms with van der Waals surface area (Å²) < 4.78 is 13.1. The normalized spacial score (nSPS) is 12.1. The molecular weight excluding hydrogens is 215 g/mol. The zero-order valence-electron chi connectivity index (χ0n) is 11.0. The Morgan fingerprint density at radius 1 is 1.35 bits per heavy atom. The molecule has 1 aromatic carbocycles. The average molecular weight is 238 g/mol. The van der Waals surface area contributed by atoms with E-state index in [1.54, 1.807) is 12.1 Å². The van der Waals surface area contributed by atoms with Gasteiger partial charge in [0.25, 0.3) is 0 Å². The van der Waals surface area contributed by atoms with Gasteiger partial charge >= 0.3 is 0 Å². The van der Waals surface area contributed by atoms with Crippen LogP contribution in [0.15, 0.2) is 24.3 Å². The second-order valence-corrected chi connectivity index (χ2v) is 5.30. The van der Waals surface area contributed by atoms with Gasteiger partial charge in [-0.15, -0.1) is 0 Å². The molecule has 0 saturated carbocycles. The zero-order valence-corrected chi connectivity index (χ0v) is 11.0. The summed E-state index contributed by atoms with van der Waals surface area (Å²) in [5.41, 5.74) is 6.85. The first kappa shape index (κ1) is 14.1. The first-order valence-electron chi connectivity index (χ1n) is 6.14. The maximum absolute atomic E-state index is 13.1. The van der Waals surface area contributed by atoms with E-state index >= 15 is 0 Å². The van der Waals surface area contributed by atoms with E-state index in [9.17, 15) is 4.39 Å². The summed E-state index contributed by atoms with van der Waals surface area (Å²) in [6.45, 7) is 9.73. The number of rotatable bonds is 6. The van der Waals surface area contributed by atoms with E-state index in [-0.39, 0.29) is 11.2 Å². The number of benzene rings is 1. The number of halogens is 1. The summed E-state index contributed by atoms with van der Waals surface area (Å²) in [6, 6.07) is 6.79. The lowest BCUT2D eigenvalue weighted by Crippen LogP contribution is -2.38. The van der Waals surface area contributed by atoms with Crippen LogP contribution < -0.4 is 5.73 Å². The lowest BCUT2D eigenvalue weighted by molar-refractivity contribution is 0.183. The van der Waals surface area contributed by atoms with Crippen LogP contribution in [0.1, 0.15) is 26.3 Å². The molecule has 0 aliphatic carbocycles. The minimum Gasteiger partial charge on any atom is -0.330 e. The molecule has 0 aliphatic rings. The van der Waals surface area contributed by atoms with Gasteiger partial charge in [-0.2, -0.15) is 0 Å². The Morgan fingerprint density at radius 2 is 2.06 bits per heavy atom. The van der Waals surface area contributed by atoms with Crippen LogP contribution in [0.3, 0.4) is 0 Å². The van der Waals surface area contributed by atoms with Crippen LogP contribution in [-0.4, -0.2) is 24.5 Å². The first-order valence-corrected chi connectivity index (χ1v) is 6.14. The van der Waals surface area contributed by atoms with Crippen molar-refractivity contribution in [2.75, 3.05) is 19.6 Å². The molecule has 0 unspecified atom stereocenters. The third-order valence-corrected chi connectivity index (χ3v) is 2.95. The third-order valence-electron chi connectivity index (χ3n) is 2.95. The molecule has 17 heavy (non-hydrogen) atoms. The molecule has 0 spiro atoms. The summed E-state index contributed by atoms with van der Waals surface area (Å²) in [5.74, 6) is -0.170. The summed E-state index contributed by atoms with van der Waals surface area (Å²) in [4.78, 5) is 2.29. The summed E-state index contributed by atoms with van der Waals surface area (Å²) >= 11 is 0. The Hall–Kier alpha value is -0.930. The van der Waals surface area contributed by atoms with Gasteiger partial charge in [-0.25, -0.2) is 4.39 Å². The molecule has 3 heteroatoms. The molecule has 0 amide bonds. The molecule has 0 saturated heterocycles. The largest absolute Gasteiger partial charge is 0.330 e. The van der Waals surface area contributed by atoms with Gasteiger partial charge in [0.2, 0.25) is 0 Å². The molecule has 0 aliphatic heterocycles. The maximum Gasteiger partial charge on any atom is 0.123 e. The lowest BCUT2D eigenvalue weighted by Gasteiger charge is -2.31. The second kappa shape index (κ2) is 6.12. The fourth-order valence-corrected chi connectivity index (χ4v) is 1.84. The minimum absolute atomic E-state index is 0.101. The predicted molar refractivity (Wildman–Crippen MR) is 70.2 cm³/mol. The van der Waals surface area contributed by atoms with Gasteiger partial charge in [-0.1, -0.05) is 32.9 Å². The SMILES string of the molecule is CCN(Cc1cccc(F)c1)CC(C)(C)CN. The molecule has 0 bridgehead atoms. The molecule has 0 fully saturated rings. The van der Waals surface area contributed by atoms with Gasteiger partial charge in [0.1, 0.15) is 5.82 Å². The van der Waals surface area contributed by atoms with Crippen LogP contribution in [0.2, 0.25) is 0 Å². The number of nitrogens with two attached hydrogens (primary N) is 1. The molecule has 0 aromatic heterocycles. The highest BCUT2D eigenvalue weighted by atomic mass is 19.1. The second-order valence-electron chi connectivity index (χ2n) is 5.30. The van der Waals surface area contributed by atoms with Crippen LogP contribution in [0, 0.1) is 11.2 Å². The van der Waals surface area contributed by atoms with E-state index in [1.165, 1.54) is 6.07 Å². The number of hydrogen-bond acceptors (Lipinski definition) is 2. The molecule has 2 nitrogen and oxygen atoms in total. The van der Waals surface area contributed by atoms with Gasteiger partial charge in [0, 0.05) is 13.1 Å². The highest BCUT2D eigenvalue weighted by molar-refractivity contribution is 5.16. The Kier molecular flexibility index (Phi) is 5.09. The van der Waals surface area contributed by atoms with Crippen LogP contribution in [0.4, 0.5) is 4.39 Å². The van der Waals surface area contributed by atoms with Gasteiger partial charge in [-0.05, 0) is 36.2 Å².